The molecule has 0 radical (unpaired) electrons. The first kappa shape index (κ1) is 21.1. The largest absolute Gasteiger partial charge is 0.347 e. The Morgan fingerprint density at radius 3 is 2.00 bits per heavy atom. The van der Waals surface area contributed by atoms with Crippen LogP contribution in [0.4, 0.5) is 17.1 Å². The summed E-state index contributed by atoms with van der Waals surface area (Å²) in [7, 11) is 0. The molecule has 0 spiro atoms. The zero-order valence-electron chi connectivity index (χ0n) is 18.0. The first-order valence-corrected chi connectivity index (χ1v) is 10.2. The van der Waals surface area contributed by atoms with E-state index in [1.807, 2.05) is 51.1 Å². The minimum Gasteiger partial charge on any atom is -0.347 e. The zero-order valence-corrected chi connectivity index (χ0v) is 18.0. The van der Waals surface area contributed by atoms with Crippen LogP contribution >= 0.6 is 0 Å². The molecule has 0 saturated heterocycles. The molecule has 3 aromatic rings. The molecule has 0 bridgehead atoms. The lowest BCUT2D eigenvalue weighted by molar-refractivity contribution is 0.0912. The highest BCUT2D eigenvalue weighted by atomic mass is 16.2. The smallest absolute Gasteiger partial charge is 0.266 e. The third-order valence-electron chi connectivity index (χ3n) is 4.78. The highest BCUT2D eigenvalue weighted by Gasteiger charge is 2.37. The Morgan fingerprint density at radius 2 is 1.38 bits per heavy atom. The SMILES string of the molecule is CC(C)(C)NC(=O)c1ccc2c(c1)C(=O)N(c1ccc(N=Nc3ccccc3)cc1)C2=O. The molecule has 7 nitrogen and oxygen atoms in total. The molecule has 0 aliphatic carbocycles. The van der Waals surface area contributed by atoms with Crippen molar-refractivity contribution in [2.45, 2.75) is 26.3 Å². The second-order valence-corrected chi connectivity index (χ2v) is 8.46. The molecule has 1 heterocycles. The lowest BCUT2D eigenvalue weighted by Gasteiger charge is -2.20. The lowest BCUT2D eigenvalue weighted by atomic mass is 10.0. The Balaban J connectivity index is 1.55. The summed E-state index contributed by atoms with van der Waals surface area (Å²) < 4.78 is 0. The molecular weight excluding hydrogens is 404 g/mol. The fourth-order valence-electron chi connectivity index (χ4n) is 3.31. The number of rotatable bonds is 4. The molecule has 3 aromatic carbocycles. The number of hydrogen-bond donors (Lipinski definition) is 1. The van der Waals surface area contributed by atoms with Gasteiger partial charge in [0.05, 0.1) is 28.2 Å². The molecule has 0 aromatic heterocycles. The molecule has 32 heavy (non-hydrogen) atoms. The van der Waals surface area contributed by atoms with Crippen molar-refractivity contribution in [3.63, 3.8) is 0 Å². The number of hydrogen-bond acceptors (Lipinski definition) is 5. The van der Waals surface area contributed by atoms with E-state index in [0.717, 1.165) is 10.6 Å². The van der Waals surface area contributed by atoms with E-state index in [2.05, 4.69) is 15.5 Å². The molecule has 160 valence electrons. The Morgan fingerprint density at radius 1 is 0.781 bits per heavy atom. The monoisotopic (exact) mass is 426 g/mol. The summed E-state index contributed by atoms with van der Waals surface area (Å²) in [6.07, 6.45) is 0. The van der Waals surface area contributed by atoms with Crippen LogP contribution in [0.5, 0.6) is 0 Å². The van der Waals surface area contributed by atoms with Gasteiger partial charge in [0.25, 0.3) is 17.7 Å². The number of nitrogens with zero attached hydrogens (tertiary/aromatic N) is 3. The van der Waals surface area contributed by atoms with Gasteiger partial charge in [-0.1, -0.05) is 18.2 Å². The van der Waals surface area contributed by atoms with Gasteiger partial charge in [0, 0.05) is 11.1 Å². The standard InChI is InChI=1S/C25H22N4O3/c1-25(2,3)26-22(30)16-9-14-20-21(15-16)24(32)29(23(20)31)19-12-10-18(11-13-19)28-27-17-7-5-4-6-8-17/h4-15H,1-3H3,(H,26,30). The Labute approximate surface area is 185 Å². The number of azo groups is 1. The van der Waals surface area contributed by atoms with Crippen LogP contribution in [-0.2, 0) is 0 Å². The van der Waals surface area contributed by atoms with Gasteiger partial charge < -0.3 is 5.32 Å². The van der Waals surface area contributed by atoms with E-state index in [9.17, 15) is 14.4 Å². The molecule has 1 N–H and O–H groups in total. The number of anilines is 1. The van der Waals surface area contributed by atoms with E-state index in [0.29, 0.717) is 16.9 Å². The van der Waals surface area contributed by atoms with Gasteiger partial charge >= 0.3 is 0 Å². The lowest BCUT2D eigenvalue weighted by Crippen LogP contribution is -2.40. The minimum absolute atomic E-state index is 0.212. The summed E-state index contributed by atoms with van der Waals surface area (Å²) in [5.41, 5.74) is 2.15. The first-order chi connectivity index (χ1) is 15.2. The van der Waals surface area contributed by atoms with Crippen molar-refractivity contribution >= 4 is 34.8 Å². The molecular formula is C25H22N4O3. The van der Waals surface area contributed by atoms with Gasteiger partial charge in [-0.2, -0.15) is 10.2 Å². The van der Waals surface area contributed by atoms with Crippen LogP contribution in [0, 0.1) is 0 Å². The fraction of sp³-hybridized carbons (Fsp3) is 0.160. The van der Waals surface area contributed by atoms with Crippen molar-refractivity contribution in [2.24, 2.45) is 10.2 Å². The number of benzene rings is 3. The topological polar surface area (TPSA) is 91.2 Å². The van der Waals surface area contributed by atoms with Crippen molar-refractivity contribution < 1.29 is 14.4 Å². The molecule has 3 amide bonds. The summed E-state index contributed by atoms with van der Waals surface area (Å²) in [6.45, 7) is 5.62. The van der Waals surface area contributed by atoms with Crippen molar-refractivity contribution in [3.8, 4) is 0 Å². The molecule has 0 atom stereocenters. The summed E-state index contributed by atoms with van der Waals surface area (Å²) in [6, 6.07) is 20.5. The van der Waals surface area contributed by atoms with Crippen LogP contribution in [0.15, 0.2) is 83.0 Å². The van der Waals surface area contributed by atoms with Crippen LogP contribution in [0.1, 0.15) is 51.8 Å². The van der Waals surface area contributed by atoms with E-state index in [-0.39, 0.29) is 17.0 Å². The Hall–Kier alpha value is -4.13. The van der Waals surface area contributed by atoms with Crippen LogP contribution in [0.2, 0.25) is 0 Å². The van der Waals surface area contributed by atoms with Gasteiger partial charge in [-0.05, 0) is 75.4 Å². The van der Waals surface area contributed by atoms with E-state index in [4.69, 9.17) is 0 Å². The third-order valence-corrected chi connectivity index (χ3v) is 4.78. The summed E-state index contributed by atoms with van der Waals surface area (Å²) in [5, 5.41) is 11.2. The molecule has 1 aliphatic heterocycles. The number of imide groups is 1. The summed E-state index contributed by atoms with van der Waals surface area (Å²) in [4.78, 5) is 39.4. The molecule has 1 aliphatic rings. The number of fused-ring (bicyclic) bond motifs is 1. The zero-order chi connectivity index (χ0) is 22.9. The van der Waals surface area contributed by atoms with Crippen LogP contribution < -0.4 is 10.2 Å². The Kier molecular flexibility index (Phi) is 5.40. The number of carbonyl (C=O) groups is 3. The predicted octanol–water partition coefficient (Wildman–Crippen LogP) is 5.43. The molecule has 4 rings (SSSR count). The third kappa shape index (κ3) is 4.32. The van der Waals surface area contributed by atoms with Gasteiger partial charge in [0.2, 0.25) is 0 Å². The van der Waals surface area contributed by atoms with Crippen molar-refractivity contribution in [2.75, 3.05) is 4.90 Å². The molecule has 0 fully saturated rings. The summed E-state index contributed by atoms with van der Waals surface area (Å²) in [5.74, 6) is -1.19. The van der Waals surface area contributed by atoms with E-state index >= 15 is 0 Å². The summed E-state index contributed by atoms with van der Waals surface area (Å²) >= 11 is 0. The van der Waals surface area contributed by atoms with E-state index in [1.54, 1.807) is 30.3 Å². The van der Waals surface area contributed by atoms with E-state index < -0.39 is 17.4 Å². The predicted molar refractivity (Wildman–Crippen MR) is 122 cm³/mol. The second-order valence-electron chi connectivity index (χ2n) is 8.46. The van der Waals surface area contributed by atoms with Crippen LogP contribution in [0.25, 0.3) is 0 Å². The number of amides is 3. The molecule has 0 saturated carbocycles. The van der Waals surface area contributed by atoms with Gasteiger partial charge in [-0.15, -0.1) is 0 Å². The average Bonchev–Trinajstić information content (AvgIpc) is 3.02. The highest BCUT2D eigenvalue weighted by Crippen LogP contribution is 2.30. The minimum atomic E-state index is -0.464. The maximum absolute atomic E-state index is 13.0. The fourth-order valence-corrected chi connectivity index (χ4v) is 3.31. The number of nitrogens with one attached hydrogen (secondary N) is 1. The van der Waals surface area contributed by atoms with Crippen molar-refractivity contribution in [1.29, 1.82) is 0 Å². The van der Waals surface area contributed by atoms with Crippen LogP contribution in [0.3, 0.4) is 0 Å². The van der Waals surface area contributed by atoms with Crippen molar-refractivity contribution in [1.82, 2.24) is 5.32 Å². The normalized spacial score (nSPS) is 13.5. The first-order valence-electron chi connectivity index (χ1n) is 10.2. The average molecular weight is 426 g/mol. The van der Waals surface area contributed by atoms with Gasteiger partial charge in [0.15, 0.2) is 0 Å². The van der Waals surface area contributed by atoms with Crippen LogP contribution in [-0.4, -0.2) is 23.3 Å². The molecule has 0 unspecified atom stereocenters. The van der Waals surface area contributed by atoms with Gasteiger partial charge in [-0.25, -0.2) is 4.90 Å². The maximum atomic E-state index is 13.0. The quantitative estimate of drug-likeness (QED) is 0.445. The Bertz CT molecular complexity index is 1230. The van der Waals surface area contributed by atoms with E-state index in [1.165, 1.54) is 12.1 Å². The van der Waals surface area contributed by atoms with Gasteiger partial charge in [0.1, 0.15) is 0 Å². The van der Waals surface area contributed by atoms with Gasteiger partial charge in [-0.3, -0.25) is 14.4 Å². The maximum Gasteiger partial charge on any atom is 0.266 e. The second kappa shape index (κ2) is 8.19. The molecule has 7 heteroatoms. The van der Waals surface area contributed by atoms with Crippen molar-refractivity contribution in [3.05, 3.63) is 89.5 Å². The number of carbonyl (C=O) groups excluding carboxylic acids is 3. The highest BCUT2D eigenvalue weighted by molar-refractivity contribution is 6.34.